The minimum atomic E-state index is 0.130. The van der Waals surface area contributed by atoms with Gasteiger partial charge in [0.15, 0.2) is 0 Å². The topological polar surface area (TPSA) is 32.7 Å². The van der Waals surface area contributed by atoms with E-state index in [9.17, 15) is 0 Å². The van der Waals surface area contributed by atoms with E-state index in [4.69, 9.17) is 9.84 Å². The second-order valence-corrected chi connectivity index (χ2v) is 3.85. The van der Waals surface area contributed by atoms with Gasteiger partial charge in [-0.25, -0.2) is 0 Å². The molecule has 0 amide bonds. The van der Waals surface area contributed by atoms with Crippen molar-refractivity contribution >= 4 is 0 Å². The molecule has 1 aliphatic rings. The van der Waals surface area contributed by atoms with Crippen molar-refractivity contribution in [1.29, 1.82) is 0 Å². The highest BCUT2D eigenvalue weighted by Gasteiger charge is 2.26. The smallest absolute Gasteiger partial charge is 0.0698 e. The second-order valence-electron chi connectivity index (χ2n) is 3.85. The molecular weight excluding hydrogens is 166 g/mol. The molecule has 0 aliphatic carbocycles. The Hall–Kier alpha value is -0.120. The molecule has 1 saturated heterocycles. The summed E-state index contributed by atoms with van der Waals surface area (Å²) < 4.78 is 5.25. The SMILES string of the molecule is CC1CCC(C)N1CCOCCO. The van der Waals surface area contributed by atoms with Gasteiger partial charge in [0.1, 0.15) is 0 Å². The maximum Gasteiger partial charge on any atom is 0.0698 e. The molecule has 0 radical (unpaired) electrons. The third kappa shape index (κ3) is 3.25. The Bertz CT molecular complexity index is 131. The number of rotatable bonds is 5. The van der Waals surface area contributed by atoms with Crippen LogP contribution in [0.15, 0.2) is 0 Å². The van der Waals surface area contributed by atoms with Crippen molar-refractivity contribution in [1.82, 2.24) is 4.90 Å². The van der Waals surface area contributed by atoms with Gasteiger partial charge >= 0.3 is 0 Å². The maximum absolute atomic E-state index is 8.52. The number of hydrogen-bond donors (Lipinski definition) is 1. The van der Waals surface area contributed by atoms with Gasteiger partial charge in [0, 0.05) is 18.6 Å². The van der Waals surface area contributed by atoms with Crippen LogP contribution >= 0.6 is 0 Å². The van der Waals surface area contributed by atoms with E-state index in [2.05, 4.69) is 18.7 Å². The van der Waals surface area contributed by atoms with Crippen molar-refractivity contribution in [2.45, 2.75) is 38.8 Å². The average Bonchev–Trinajstić information content (AvgIpc) is 2.42. The quantitative estimate of drug-likeness (QED) is 0.648. The summed E-state index contributed by atoms with van der Waals surface area (Å²) in [6.45, 7) is 6.89. The molecule has 0 bridgehead atoms. The molecule has 2 atom stereocenters. The van der Waals surface area contributed by atoms with Gasteiger partial charge in [-0.1, -0.05) is 0 Å². The lowest BCUT2D eigenvalue weighted by Gasteiger charge is -2.25. The molecule has 1 N–H and O–H groups in total. The lowest BCUT2D eigenvalue weighted by Crippen LogP contribution is -2.35. The van der Waals surface area contributed by atoms with Crippen molar-refractivity contribution in [3.63, 3.8) is 0 Å². The molecule has 78 valence electrons. The molecule has 0 saturated carbocycles. The molecule has 13 heavy (non-hydrogen) atoms. The molecule has 3 nitrogen and oxygen atoms in total. The zero-order valence-corrected chi connectivity index (χ0v) is 8.70. The minimum absolute atomic E-state index is 0.130. The molecule has 1 heterocycles. The Labute approximate surface area is 80.7 Å². The van der Waals surface area contributed by atoms with Gasteiger partial charge in [-0.15, -0.1) is 0 Å². The molecule has 0 aromatic heterocycles. The number of likely N-dealkylation sites (tertiary alicyclic amines) is 1. The largest absolute Gasteiger partial charge is 0.394 e. The first-order valence-corrected chi connectivity index (χ1v) is 5.20. The Kier molecular flexibility index (Phi) is 4.70. The van der Waals surface area contributed by atoms with Crippen LogP contribution in [0.3, 0.4) is 0 Å². The predicted octanol–water partition coefficient (Wildman–Crippen LogP) is 0.868. The highest BCUT2D eigenvalue weighted by atomic mass is 16.5. The van der Waals surface area contributed by atoms with Crippen molar-refractivity contribution in [3.8, 4) is 0 Å². The first-order chi connectivity index (χ1) is 6.25. The molecular formula is C10H21NO2. The lowest BCUT2D eigenvalue weighted by atomic mass is 10.2. The van der Waals surface area contributed by atoms with Crippen molar-refractivity contribution in [2.75, 3.05) is 26.4 Å². The third-order valence-electron chi connectivity index (χ3n) is 2.86. The van der Waals surface area contributed by atoms with Gasteiger partial charge in [-0.3, -0.25) is 4.90 Å². The lowest BCUT2D eigenvalue weighted by molar-refractivity contribution is 0.0649. The van der Waals surface area contributed by atoms with Crippen molar-refractivity contribution in [3.05, 3.63) is 0 Å². The molecule has 1 fully saturated rings. The second kappa shape index (κ2) is 5.58. The molecule has 0 spiro atoms. The van der Waals surface area contributed by atoms with Gasteiger partial charge < -0.3 is 9.84 Å². The van der Waals surface area contributed by atoms with Gasteiger partial charge in [0.05, 0.1) is 19.8 Å². The molecule has 1 rings (SSSR count). The summed E-state index contributed by atoms with van der Waals surface area (Å²) in [5.41, 5.74) is 0. The summed E-state index contributed by atoms with van der Waals surface area (Å²) in [7, 11) is 0. The summed E-state index contributed by atoms with van der Waals surface area (Å²) in [5.74, 6) is 0. The fourth-order valence-electron chi connectivity index (χ4n) is 2.03. The van der Waals surface area contributed by atoms with Crippen LogP contribution in [0.5, 0.6) is 0 Å². The van der Waals surface area contributed by atoms with E-state index in [1.807, 2.05) is 0 Å². The summed E-state index contributed by atoms with van der Waals surface area (Å²) in [6.07, 6.45) is 2.61. The first kappa shape index (κ1) is 11.0. The van der Waals surface area contributed by atoms with Crippen LogP contribution in [-0.4, -0.2) is 48.5 Å². The summed E-state index contributed by atoms with van der Waals surface area (Å²) >= 11 is 0. The molecule has 2 unspecified atom stereocenters. The van der Waals surface area contributed by atoms with Crippen LogP contribution in [0.4, 0.5) is 0 Å². The molecule has 0 aromatic carbocycles. The van der Waals surface area contributed by atoms with Crippen LogP contribution in [-0.2, 0) is 4.74 Å². The zero-order chi connectivity index (χ0) is 9.68. The van der Waals surface area contributed by atoms with Crippen LogP contribution in [0.1, 0.15) is 26.7 Å². The Morgan fingerprint density at radius 2 is 1.85 bits per heavy atom. The normalized spacial score (nSPS) is 29.8. The third-order valence-corrected chi connectivity index (χ3v) is 2.86. The van der Waals surface area contributed by atoms with E-state index in [1.54, 1.807) is 0 Å². The van der Waals surface area contributed by atoms with Gasteiger partial charge in [-0.2, -0.15) is 0 Å². The summed E-state index contributed by atoms with van der Waals surface area (Å²) in [5, 5.41) is 8.52. The highest BCUT2D eigenvalue weighted by molar-refractivity contribution is 4.81. The molecule has 0 aromatic rings. The highest BCUT2D eigenvalue weighted by Crippen LogP contribution is 2.22. The molecule has 1 aliphatic heterocycles. The van der Waals surface area contributed by atoms with Gasteiger partial charge in [0.2, 0.25) is 0 Å². The fourth-order valence-corrected chi connectivity index (χ4v) is 2.03. The predicted molar refractivity (Wildman–Crippen MR) is 52.8 cm³/mol. The fraction of sp³-hybridized carbons (Fsp3) is 1.00. The average molecular weight is 187 g/mol. The Balaban J connectivity index is 2.12. The number of nitrogens with zero attached hydrogens (tertiary/aromatic N) is 1. The Morgan fingerprint density at radius 3 is 2.38 bits per heavy atom. The number of ether oxygens (including phenoxy) is 1. The van der Waals surface area contributed by atoms with Crippen molar-refractivity contribution < 1.29 is 9.84 Å². The van der Waals surface area contributed by atoms with Crippen LogP contribution in [0.2, 0.25) is 0 Å². The van der Waals surface area contributed by atoms with E-state index in [0.29, 0.717) is 18.7 Å². The molecule has 3 heteroatoms. The maximum atomic E-state index is 8.52. The minimum Gasteiger partial charge on any atom is -0.394 e. The van der Waals surface area contributed by atoms with Crippen LogP contribution in [0.25, 0.3) is 0 Å². The van der Waals surface area contributed by atoms with Gasteiger partial charge in [-0.05, 0) is 26.7 Å². The van der Waals surface area contributed by atoms with E-state index < -0.39 is 0 Å². The zero-order valence-electron chi connectivity index (χ0n) is 8.70. The van der Waals surface area contributed by atoms with Gasteiger partial charge in [0.25, 0.3) is 0 Å². The van der Waals surface area contributed by atoms with E-state index in [-0.39, 0.29) is 6.61 Å². The number of hydrogen-bond acceptors (Lipinski definition) is 3. The summed E-state index contributed by atoms with van der Waals surface area (Å²) in [4.78, 5) is 2.48. The van der Waals surface area contributed by atoms with E-state index in [0.717, 1.165) is 13.2 Å². The van der Waals surface area contributed by atoms with Crippen LogP contribution < -0.4 is 0 Å². The monoisotopic (exact) mass is 187 g/mol. The summed E-state index contributed by atoms with van der Waals surface area (Å²) in [6, 6.07) is 1.40. The van der Waals surface area contributed by atoms with Crippen LogP contribution in [0, 0.1) is 0 Å². The van der Waals surface area contributed by atoms with Crippen molar-refractivity contribution in [2.24, 2.45) is 0 Å². The Morgan fingerprint density at radius 1 is 1.23 bits per heavy atom. The number of aliphatic hydroxyl groups is 1. The van der Waals surface area contributed by atoms with E-state index in [1.165, 1.54) is 12.8 Å². The number of aliphatic hydroxyl groups excluding tert-OH is 1. The first-order valence-electron chi connectivity index (χ1n) is 5.20. The van der Waals surface area contributed by atoms with E-state index >= 15 is 0 Å². The standard InChI is InChI=1S/C10H21NO2/c1-9-3-4-10(2)11(9)5-7-13-8-6-12/h9-10,12H,3-8H2,1-2H3.